The number of hydrogen-bond donors (Lipinski definition) is 1. The van der Waals surface area contributed by atoms with Gasteiger partial charge >= 0.3 is 5.69 Å². The number of benzene rings is 1. The molecule has 3 rings (SSSR count). The number of aromatic nitrogens is 2. The molecule has 1 saturated heterocycles. The van der Waals surface area contributed by atoms with Crippen molar-refractivity contribution in [3.05, 3.63) is 45.3 Å². The normalized spacial score (nSPS) is 14.8. The maximum absolute atomic E-state index is 12.5. The SMILES string of the molecule is CCN1CCN(c2ccc(NC(=O)Cn3nc(C)c([N+](=O)[O-])c3C)c(C)c2)CC1. The van der Waals surface area contributed by atoms with Gasteiger partial charge in [0.05, 0.1) is 4.92 Å². The summed E-state index contributed by atoms with van der Waals surface area (Å²) >= 11 is 0. The molecule has 0 aliphatic carbocycles. The second-order valence-electron chi connectivity index (χ2n) is 7.40. The van der Waals surface area contributed by atoms with Crippen molar-refractivity contribution in [3.63, 3.8) is 0 Å². The zero-order valence-corrected chi connectivity index (χ0v) is 17.4. The van der Waals surface area contributed by atoms with Crippen LogP contribution >= 0.6 is 0 Å². The number of carbonyl (C=O) groups is 1. The van der Waals surface area contributed by atoms with Crippen LogP contribution in [-0.2, 0) is 11.3 Å². The molecular formula is C20H28N6O3. The van der Waals surface area contributed by atoms with Crippen LogP contribution in [0.4, 0.5) is 17.1 Å². The number of amides is 1. The van der Waals surface area contributed by atoms with Gasteiger partial charge in [0.1, 0.15) is 17.9 Å². The van der Waals surface area contributed by atoms with Gasteiger partial charge < -0.3 is 15.1 Å². The lowest BCUT2D eigenvalue weighted by molar-refractivity contribution is -0.386. The number of anilines is 2. The minimum atomic E-state index is -0.463. The van der Waals surface area contributed by atoms with Crippen LogP contribution in [0.15, 0.2) is 18.2 Å². The summed E-state index contributed by atoms with van der Waals surface area (Å²) in [6.07, 6.45) is 0. The maximum atomic E-state index is 12.5. The first-order chi connectivity index (χ1) is 13.8. The van der Waals surface area contributed by atoms with Crippen LogP contribution in [0.3, 0.4) is 0 Å². The fraction of sp³-hybridized carbons (Fsp3) is 0.500. The zero-order valence-electron chi connectivity index (χ0n) is 17.4. The van der Waals surface area contributed by atoms with Crippen molar-refractivity contribution in [2.24, 2.45) is 0 Å². The number of carbonyl (C=O) groups excluding carboxylic acids is 1. The lowest BCUT2D eigenvalue weighted by Gasteiger charge is -2.35. The molecule has 0 saturated carbocycles. The Morgan fingerprint density at radius 1 is 1.21 bits per heavy atom. The molecule has 1 amide bonds. The molecule has 29 heavy (non-hydrogen) atoms. The highest BCUT2D eigenvalue weighted by Gasteiger charge is 2.23. The monoisotopic (exact) mass is 400 g/mol. The number of piperazine rings is 1. The smallest absolute Gasteiger partial charge is 0.312 e. The van der Waals surface area contributed by atoms with Gasteiger partial charge in [-0.2, -0.15) is 5.10 Å². The average molecular weight is 400 g/mol. The lowest BCUT2D eigenvalue weighted by atomic mass is 10.1. The maximum Gasteiger partial charge on any atom is 0.312 e. The molecule has 156 valence electrons. The van der Waals surface area contributed by atoms with E-state index in [1.165, 1.54) is 4.68 Å². The summed E-state index contributed by atoms with van der Waals surface area (Å²) in [7, 11) is 0. The van der Waals surface area contributed by atoms with E-state index in [1.807, 2.05) is 19.1 Å². The molecule has 1 aromatic heterocycles. The molecule has 2 aromatic rings. The minimum absolute atomic E-state index is 0.0403. The van der Waals surface area contributed by atoms with E-state index in [4.69, 9.17) is 0 Å². The van der Waals surface area contributed by atoms with Crippen molar-refractivity contribution in [1.29, 1.82) is 0 Å². The number of aryl methyl sites for hydroxylation is 2. The Labute approximate surface area is 170 Å². The van der Waals surface area contributed by atoms with Gasteiger partial charge in [0, 0.05) is 37.6 Å². The molecular weight excluding hydrogens is 372 g/mol. The summed E-state index contributed by atoms with van der Waals surface area (Å²) in [5.41, 5.74) is 3.52. The third-order valence-electron chi connectivity index (χ3n) is 5.49. The second-order valence-corrected chi connectivity index (χ2v) is 7.40. The van der Waals surface area contributed by atoms with Gasteiger partial charge in [0.25, 0.3) is 0 Å². The number of nitrogens with one attached hydrogen (secondary N) is 1. The number of nitrogens with zero attached hydrogens (tertiary/aromatic N) is 5. The molecule has 2 heterocycles. The predicted octanol–water partition coefficient (Wildman–Crippen LogP) is 2.50. The van der Waals surface area contributed by atoms with Crippen molar-refractivity contribution >= 4 is 23.0 Å². The van der Waals surface area contributed by atoms with Crippen LogP contribution < -0.4 is 10.2 Å². The first-order valence-electron chi connectivity index (χ1n) is 9.86. The third kappa shape index (κ3) is 4.56. The Balaban J connectivity index is 1.65. The standard InChI is InChI=1S/C20H28N6O3/c1-5-23-8-10-24(11-9-23)17-6-7-18(14(2)12-17)21-19(27)13-25-16(4)20(26(28)29)15(3)22-25/h6-7,12H,5,8-11,13H2,1-4H3,(H,21,27). The largest absolute Gasteiger partial charge is 0.369 e. The van der Waals surface area contributed by atoms with E-state index >= 15 is 0 Å². The summed E-state index contributed by atoms with van der Waals surface area (Å²) in [5, 5.41) is 18.1. The van der Waals surface area contributed by atoms with Gasteiger partial charge in [-0.3, -0.25) is 19.6 Å². The van der Waals surface area contributed by atoms with Crippen LogP contribution in [-0.4, -0.2) is 58.2 Å². The Morgan fingerprint density at radius 2 is 1.90 bits per heavy atom. The predicted molar refractivity (Wildman–Crippen MR) is 112 cm³/mol. The first kappa shape index (κ1) is 20.8. The van der Waals surface area contributed by atoms with Crippen molar-refractivity contribution < 1.29 is 9.72 Å². The van der Waals surface area contributed by atoms with E-state index < -0.39 is 4.92 Å². The van der Waals surface area contributed by atoms with E-state index in [0.29, 0.717) is 11.4 Å². The molecule has 1 aliphatic heterocycles. The van der Waals surface area contributed by atoms with Gasteiger partial charge in [-0.05, 0) is 51.1 Å². The van der Waals surface area contributed by atoms with E-state index in [0.717, 1.165) is 49.7 Å². The topological polar surface area (TPSA) is 96.5 Å². The fourth-order valence-electron chi connectivity index (χ4n) is 3.74. The molecule has 1 aromatic carbocycles. The Hall–Kier alpha value is -2.94. The fourth-order valence-corrected chi connectivity index (χ4v) is 3.74. The second kappa shape index (κ2) is 8.60. The number of nitro groups is 1. The average Bonchev–Trinajstić information content (AvgIpc) is 2.96. The first-order valence-corrected chi connectivity index (χ1v) is 9.86. The summed E-state index contributed by atoms with van der Waals surface area (Å²) < 4.78 is 1.37. The molecule has 0 spiro atoms. The summed E-state index contributed by atoms with van der Waals surface area (Å²) in [4.78, 5) is 27.9. The number of hydrogen-bond acceptors (Lipinski definition) is 6. The van der Waals surface area contributed by atoms with Gasteiger partial charge in [-0.1, -0.05) is 6.92 Å². The molecule has 1 aliphatic rings. The van der Waals surface area contributed by atoms with Crippen molar-refractivity contribution in [1.82, 2.24) is 14.7 Å². The highest BCUT2D eigenvalue weighted by Crippen LogP contribution is 2.25. The molecule has 0 bridgehead atoms. The highest BCUT2D eigenvalue weighted by molar-refractivity contribution is 5.91. The van der Waals surface area contributed by atoms with Crippen LogP contribution in [0, 0.1) is 30.9 Å². The van der Waals surface area contributed by atoms with Crippen molar-refractivity contribution in [2.45, 2.75) is 34.2 Å². The van der Waals surface area contributed by atoms with Gasteiger partial charge in [-0.15, -0.1) is 0 Å². The van der Waals surface area contributed by atoms with Crippen LogP contribution in [0.1, 0.15) is 23.9 Å². The van der Waals surface area contributed by atoms with E-state index in [2.05, 4.69) is 33.2 Å². The zero-order chi connectivity index (χ0) is 21.1. The molecule has 0 unspecified atom stereocenters. The van der Waals surface area contributed by atoms with Crippen LogP contribution in [0.2, 0.25) is 0 Å². The molecule has 1 N–H and O–H groups in total. The molecule has 1 fully saturated rings. The molecule has 0 atom stereocenters. The molecule has 9 nitrogen and oxygen atoms in total. The number of rotatable bonds is 6. The number of likely N-dealkylation sites (N-methyl/N-ethyl adjacent to an activating group) is 1. The Morgan fingerprint density at radius 3 is 2.45 bits per heavy atom. The van der Waals surface area contributed by atoms with Gasteiger partial charge in [0.2, 0.25) is 5.91 Å². The molecule has 0 radical (unpaired) electrons. The highest BCUT2D eigenvalue weighted by atomic mass is 16.6. The quantitative estimate of drug-likeness (QED) is 0.591. The Kier molecular flexibility index (Phi) is 6.17. The van der Waals surface area contributed by atoms with Gasteiger partial charge in [-0.25, -0.2) is 0 Å². The van der Waals surface area contributed by atoms with E-state index in [-0.39, 0.29) is 18.1 Å². The summed E-state index contributed by atoms with van der Waals surface area (Å²) in [6, 6.07) is 6.03. The lowest BCUT2D eigenvalue weighted by Crippen LogP contribution is -2.46. The Bertz CT molecular complexity index is 915. The summed E-state index contributed by atoms with van der Waals surface area (Å²) in [6.45, 7) is 12.4. The van der Waals surface area contributed by atoms with Crippen molar-refractivity contribution in [2.75, 3.05) is 42.9 Å². The van der Waals surface area contributed by atoms with Gasteiger partial charge in [0.15, 0.2) is 0 Å². The minimum Gasteiger partial charge on any atom is -0.369 e. The van der Waals surface area contributed by atoms with E-state index in [9.17, 15) is 14.9 Å². The van der Waals surface area contributed by atoms with Crippen molar-refractivity contribution in [3.8, 4) is 0 Å². The molecule has 9 heteroatoms. The van der Waals surface area contributed by atoms with Crippen LogP contribution in [0.5, 0.6) is 0 Å². The van der Waals surface area contributed by atoms with Crippen LogP contribution in [0.25, 0.3) is 0 Å². The summed E-state index contributed by atoms with van der Waals surface area (Å²) in [5.74, 6) is -0.266. The third-order valence-corrected chi connectivity index (χ3v) is 5.49. The van der Waals surface area contributed by atoms with E-state index in [1.54, 1.807) is 13.8 Å².